The fourth-order valence-electron chi connectivity index (χ4n) is 5.51. The van der Waals surface area contributed by atoms with E-state index < -0.39 is 85.1 Å². The molecule has 0 aromatic heterocycles. The van der Waals surface area contributed by atoms with Crippen molar-refractivity contribution in [3.05, 3.63) is 0 Å². The number of rotatable bonds is 18. The van der Waals surface area contributed by atoms with Crippen molar-refractivity contribution in [2.45, 2.75) is 233 Å². The fourth-order valence-corrected chi connectivity index (χ4v) is 53.0. The first-order valence-electron chi connectivity index (χ1n) is 14.7. The summed E-state index contributed by atoms with van der Waals surface area (Å²) >= 11 is 0. The minimum absolute atomic E-state index is 0. The summed E-state index contributed by atoms with van der Waals surface area (Å²) in [5.74, 6) is 0. The van der Waals surface area contributed by atoms with Crippen molar-refractivity contribution in [1.82, 2.24) is 0 Å². The summed E-state index contributed by atoms with van der Waals surface area (Å²) in [7, 11) is -24.6. The van der Waals surface area contributed by atoms with Crippen molar-refractivity contribution in [3.8, 4) is 0 Å². The SMILES string of the molecule is C.C.C.C.C.C.C.C.C.C.C.C.C[Si](C)(C)O[Si](C)(C)O[Si](C)(C)O[Si](C)(O[Si](C)(C)O[Si](C)(C)O[Si](C)(C)C)O[Si](C)(C)O[Si](C)(C)O[Si](C)(C)C. The summed E-state index contributed by atoms with van der Waals surface area (Å²) in [6, 6.07) is 0. The van der Waals surface area contributed by atoms with E-state index in [0.29, 0.717) is 0 Å². The zero-order chi connectivity index (χ0) is 33.4. The van der Waals surface area contributed by atoms with Gasteiger partial charge in [-0.15, -0.1) is 0 Å². The van der Waals surface area contributed by atoms with Gasteiger partial charge in [-0.2, -0.15) is 0 Å². The van der Waals surface area contributed by atoms with Crippen molar-refractivity contribution in [2.75, 3.05) is 0 Å². The molecule has 0 saturated heterocycles. The molecule has 0 spiro atoms. The molecule has 0 aliphatic carbocycles. The Kier molecular flexibility index (Phi) is 51.3. The molecule has 0 aliphatic rings. The Labute approximate surface area is 353 Å². The summed E-state index contributed by atoms with van der Waals surface area (Å²) in [5.41, 5.74) is 0. The van der Waals surface area contributed by atoms with E-state index in [0.717, 1.165) is 0 Å². The molecule has 0 unspecified atom stereocenters. The molecular weight excluding hydrogens is 833 g/mol. The van der Waals surface area contributed by atoms with E-state index in [1.165, 1.54) is 0 Å². The topological polar surface area (TPSA) is 83.1 Å². The summed E-state index contributed by atoms with van der Waals surface area (Å²) < 4.78 is 60.5. The van der Waals surface area contributed by atoms with E-state index in [2.05, 4.69) is 137 Å². The van der Waals surface area contributed by atoms with Gasteiger partial charge in [0.15, 0.2) is 25.0 Å². The van der Waals surface area contributed by atoms with E-state index in [1.807, 2.05) is 6.55 Å². The first-order valence-corrected chi connectivity index (χ1v) is 44.0. The number of hydrogen-bond donors (Lipinski definition) is 0. The minimum Gasteiger partial charge on any atom is -0.437 e. The van der Waals surface area contributed by atoms with E-state index in [-0.39, 0.29) is 89.1 Å². The van der Waals surface area contributed by atoms with Gasteiger partial charge in [0.1, 0.15) is 0 Å². The molecule has 0 atom stereocenters. The van der Waals surface area contributed by atoms with Crippen molar-refractivity contribution >= 4 is 85.1 Å². The molecule has 0 N–H and O–H groups in total. The highest BCUT2D eigenvalue weighted by molar-refractivity contribution is 6.93. The standard InChI is InChI=1S/C22H66O9Si10.12CH4/c1-32(2,3)23-35(10,11)26-38(16,17)29-41(22,30-39(18,19)27-36(12,13)24-33(4,5)6)31-40(20,21)28-37(14,15)25-34(7,8)9;;;;;;;;;;;;/h1-22H3;12*1H4. The lowest BCUT2D eigenvalue weighted by Gasteiger charge is -2.46. The van der Waals surface area contributed by atoms with Crippen LogP contribution in [0.15, 0.2) is 0 Å². The van der Waals surface area contributed by atoms with Crippen molar-refractivity contribution in [2.24, 2.45) is 0 Å². The van der Waals surface area contributed by atoms with Gasteiger partial charge in [-0.25, -0.2) is 0 Å². The van der Waals surface area contributed by atoms with Crippen LogP contribution in [0.4, 0.5) is 0 Å². The van der Waals surface area contributed by atoms with Gasteiger partial charge in [0.25, 0.3) is 0 Å². The summed E-state index contributed by atoms with van der Waals surface area (Å²) in [4.78, 5) is 0. The molecular formula is C34H114O9Si10. The third kappa shape index (κ3) is 46.4. The summed E-state index contributed by atoms with van der Waals surface area (Å²) in [6.45, 7) is 46.5. The van der Waals surface area contributed by atoms with E-state index in [4.69, 9.17) is 37.0 Å². The van der Waals surface area contributed by atoms with Crippen LogP contribution in [0.5, 0.6) is 0 Å². The van der Waals surface area contributed by atoms with Crippen molar-refractivity contribution < 1.29 is 37.0 Å². The van der Waals surface area contributed by atoms with E-state index in [9.17, 15) is 0 Å². The molecule has 0 fully saturated rings. The zero-order valence-corrected chi connectivity index (χ0v) is 40.7. The smallest absolute Gasteiger partial charge is 0.437 e. The minimum atomic E-state index is -3.39. The van der Waals surface area contributed by atoms with Gasteiger partial charge in [0.2, 0.25) is 0 Å². The largest absolute Gasteiger partial charge is 0.470 e. The van der Waals surface area contributed by atoms with Gasteiger partial charge >= 0.3 is 60.2 Å². The van der Waals surface area contributed by atoms with Crippen LogP contribution in [-0.4, -0.2) is 85.1 Å². The maximum Gasteiger partial charge on any atom is 0.470 e. The molecule has 0 rings (SSSR count). The highest BCUT2D eigenvalue weighted by atomic mass is 28.5. The molecule has 0 aliphatic heterocycles. The van der Waals surface area contributed by atoms with Crippen LogP contribution < -0.4 is 0 Å². The summed E-state index contributed by atoms with van der Waals surface area (Å²) in [6.07, 6.45) is 0. The molecule has 19 heteroatoms. The third-order valence-corrected chi connectivity index (χ3v) is 39.8. The van der Waals surface area contributed by atoms with Gasteiger partial charge in [0, 0.05) is 6.55 Å². The Morgan fingerprint density at radius 1 is 0.170 bits per heavy atom. The Morgan fingerprint density at radius 3 is 0.396 bits per heavy atom. The van der Waals surface area contributed by atoms with Crippen molar-refractivity contribution in [3.63, 3.8) is 0 Å². The maximum absolute atomic E-state index is 6.94. The second-order valence-corrected chi connectivity index (χ2v) is 55.1. The Balaban J connectivity index is -0.000000121. The van der Waals surface area contributed by atoms with Crippen LogP contribution >= 0.6 is 0 Å². The predicted molar refractivity (Wildman–Crippen MR) is 277 cm³/mol. The predicted octanol–water partition coefficient (Wildman–Crippen LogP) is 16.1. The Hall–Kier alpha value is 1.81. The molecule has 0 heterocycles. The molecule has 344 valence electrons. The van der Waals surface area contributed by atoms with Crippen molar-refractivity contribution in [1.29, 1.82) is 0 Å². The molecule has 9 nitrogen and oxygen atoms in total. The molecule has 0 aromatic carbocycles. The van der Waals surface area contributed by atoms with Crippen LogP contribution in [0.25, 0.3) is 0 Å². The molecule has 0 saturated carbocycles. The van der Waals surface area contributed by atoms with E-state index in [1.54, 1.807) is 0 Å². The normalized spacial score (nSPS) is 12.3. The van der Waals surface area contributed by atoms with E-state index >= 15 is 0 Å². The van der Waals surface area contributed by atoms with Crippen LogP contribution in [0.2, 0.25) is 144 Å². The zero-order valence-electron chi connectivity index (χ0n) is 30.7. The first kappa shape index (κ1) is 90.8. The average molecular weight is 948 g/mol. The Bertz CT molecular complexity index is 750. The Morgan fingerprint density at radius 2 is 0.283 bits per heavy atom. The quantitative estimate of drug-likeness (QED) is 0.125. The molecule has 0 bridgehead atoms. The van der Waals surface area contributed by atoms with Crippen LogP contribution in [0, 0.1) is 0 Å². The third-order valence-electron chi connectivity index (χ3n) is 4.42. The number of hydrogen-bond acceptors (Lipinski definition) is 9. The lowest BCUT2D eigenvalue weighted by molar-refractivity contribution is 0.188. The van der Waals surface area contributed by atoms with Gasteiger partial charge in [-0.3, -0.25) is 0 Å². The monoisotopic (exact) mass is 947 g/mol. The molecule has 0 amide bonds. The average Bonchev–Trinajstić information content (AvgIpc) is 2.37. The molecule has 53 heavy (non-hydrogen) atoms. The highest BCUT2D eigenvalue weighted by Crippen LogP contribution is 2.32. The molecule has 0 radical (unpaired) electrons. The first-order chi connectivity index (χ1) is 17.4. The maximum atomic E-state index is 6.94. The second kappa shape index (κ2) is 29.9. The highest BCUT2D eigenvalue weighted by Gasteiger charge is 2.55. The lowest BCUT2D eigenvalue weighted by atomic mass is 11.8. The van der Waals surface area contributed by atoms with Gasteiger partial charge in [-0.05, 0) is 137 Å². The van der Waals surface area contributed by atoms with Crippen LogP contribution in [0.1, 0.15) is 89.1 Å². The lowest BCUT2D eigenvalue weighted by Crippen LogP contribution is -2.66. The van der Waals surface area contributed by atoms with Crippen LogP contribution in [0.3, 0.4) is 0 Å². The fraction of sp³-hybridized carbons (Fsp3) is 1.00. The molecule has 0 aromatic rings. The van der Waals surface area contributed by atoms with Gasteiger partial charge in [-0.1, -0.05) is 89.1 Å². The van der Waals surface area contributed by atoms with Gasteiger partial charge < -0.3 is 37.0 Å². The van der Waals surface area contributed by atoms with Gasteiger partial charge in [0.05, 0.1) is 0 Å². The summed E-state index contributed by atoms with van der Waals surface area (Å²) in [5, 5.41) is 0. The second-order valence-electron chi connectivity index (χ2n) is 16.5. The van der Waals surface area contributed by atoms with Crippen LogP contribution in [-0.2, 0) is 37.0 Å².